The molecule has 21 heavy (non-hydrogen) atoms. The average molecular weight is 282 g/mol. The lowest BCUT2D eigenvalue weighted by molar-refractivity contribution is -0.119. The summed E-state index contributed by atoms with van der Waals surface area (Å²) >= 11 is 0. The molecule has 1 amide bonds. The average Bonchev–Trinajstić information content (AvgIpc) is 2.85. The van der Waals surface area contributed by atoms with Crippen LogP contribution in [0.5, 0.6) is 0 Å². The molecule has 1 aromatic heterocycles. The van der Waals surface area contributed by atoms with E-state index in [9.17, 15) is 4.79 Å². The maximum atomic E-state index is 12.1. The standard InChI is InChI=1S/C17H18N2O2/c1-11(10-18-2)17(20)19-12-7-8-16-14(9-12)13-5-3-4-6-15(13)21-16/h3-9,11,18H,10H2,1-2H3,(H,19,20). The van der Waals surface area contributed by atoms with Gasteiger partial charge in [-0.2, -0.15) is 0 Å². The number of carbonyl (C=O) groups is 1. The van der Waals surface area contributed by atoms with E-state index >= 15 is 0 Å². The molecule has 0 fully saturated rings. The molecule has 2 aromatic carbocycles. The van der Waals surface area contributed by atoms with Crippen LogP contribution in [0.3, 0.4) is 0 Å². The minimum Gasteiger partial charge on any atom is -0.456 e. The number of para-hydroxylation sites is 1. The first-order valence-electron chi connectivity index (χ1n) is 7.06. The molecule has 0 aliphatic heterocycles. The summed E-state index contributed by atoms with van der Waals surface area (Å²) in [5.74, 6) is -0.0664. The third-order valence-corrected chi connectivity index (χ3v) is 3.60. The fourth-order valence-electron chi connectivity index (χ4n) is 2.47. The number of hydrogen-bond donors (Lipinski definition) is 2. The molecule has 0 saturated carbocycles. The minimum absolute atomic E-state index is 0.0106. The van der Waals surface area contributed by atoms with E-state index < -0.39 is 0 Å². The first-order valence-corrected chi connectivity index (χ1v) is 7.06. The zero-order valence-corrected chi connectivity index (χ0v) is 12.1. The van der Waals surface area contributed by atoms with Gasteiger partial charge in [0, 0.05) is 28.9 Å². The highest BCUT2D eigenvalue weighted by Gasteiger charge is 2.13. The van der Waals surface area contributed by atoms with E-state index in [1.54, 1.807) is 0 Å². The van der Waals surface area contributed by atoms with Crippen LogP contribution in [0, 0.1) is 5.92 Å². The molecule has 0 radical (unpaired) electrons. The van der Waals surface area contributed by atoms with E-state index in [1.807, 2.05) is 56.4 Å². The Balaban J connectivity index is 1.93. The second-order valence-electron chi connectivity index (χ2n) is 5.26. The predicted molar refractivity (Wildman–Crippen MR) is 85.4 cm³/mol. The van der Waals surface area contributed by atoms with E-state index in [-0.39, 0.29) is 11.8 Å². The van der Waals surface area contributed by atoms with Crippen molar-refractivity contribution in [1.29, 1.82) is 0 Å². The van der Waals surface area contributed by atoms with Gasteiger partial charge >= 0.3 is 0 Å². The molecule has 0 spiro atoms. The topological polar surface area (TPSA) is 54.3 Å². The molecule has 1 unspecified atom stereocenters. The molecule has 2 N–H and O–H groups in total. The number of fused-ring (bicyclic) bond motifs is 3. The van der Waals surface area contributed by atoms with Gasteiger partial charge in [-0.15, -0.1) is 0 Å². The molecule has 0 aliphatic carbocycles. The van der Waals surface area contributed by atoms with Crippen LogP contribution in [0.15, 0.2) is 46.9 Å². The second kappa shape index (κ2) is 5.58. The molecule has 0 bridgehead atoms. The number of carbonyl (C=O) groups excluding carboxylic acids is 1. The summed E-state index contributed by atoms with van der Waals surface area (Å²) in [6.45, 7) is 2.56. The molecule has 1 heterocycles. The van der Waals surface area contributed by atoms with Crippen molar-refractivity contribution in [3.63, 3.8) is 0 Å². The summed E-state index contributed by atoms with van der Waals surface area (Å²) in [5, 5.41) is 8.04. The maximum Gasteiger partial charge on any atom is 0.228 e. The van der Waals surface area contributed by atoms with Gasteiger partial charge < -0.3 is 15.1 Å². The van der Waals surface area contributed by atoms with Crippen LogP contribution in [-0.4, -0.2) is 19.5 Å². The largest absolute Gasteiger partial charge is 0.456 e. The monoisotopic (exact) mass is 282 g/mol. The van der Waals surface area contributed by atoms with Crippen molar-refractivity contribution in [3.05, 3.63) is 42.5 Å². The predicted octanol–water partition coefficient (Wildman–Crippen LogP) is 3.38. The van der Waals surface area contributed by atoms with E-state index in [1.165, 1.54) is 0 Å². The second-order valence-corrected chi connectivity index (χ2v) is 5.26. The Kier molecular flexibility index (Phi) is 3.62. The van der Waals surface area contributed by atoms with Gasteiger partial charge in [0.25, 0.3) is 0 Å². The first kappa shape index (κ1) is 13.6. The van der Waals surface area contributed by atoms with Gasteiger partial charge in [-0.05, 0) is 31.3 Å². The van der Waals surface area contributed by atoms with Crippen molar-refractivity contribution in [1.82, 2.24) is 5.32 Å². The zero-order chi connectivity index (χ0) is 14.8. The van der Waals surface area contributed by atoms with E-state index in [4.69, 9.17) is 4.42 Å². The summed E-state index contributed by atoms with van der Waals surface area (Å²) in [6.07, 6.45) is 0. The zero-order valence-electron chi connectivity index (χ0n) is 12.1. The van der Waals surface area contributed by atoms with Crippen LogP contribution < -0.4 is 10.6 Å². The van der Waals surface area contributed by atoms with E-state index in [2.05, 4.69) is 10.6 Å². The lowest BCUT2D eigenvalue weighted by Crippen LogP contribution is -2.28. The molecule has 0 saturated heterocycles. The molecular weight excluding hydrogens is 264 g/mol. The van der Waals surface area contributed by atoms with E-state index in [0.717, 1.165) is 27.6 Å². The lowest BCUT2D eigenvalue weighted by atomic mass is 10.1. The Hall–Kier alpha value is -2.33. The fourth-order valence-corrected chi connectivity index (χ4v) is 2.47. The van der Waals surface area contributed by atoms with Crippen LogP contribution in [0.2, 0.25) is 0 Å². The van der Waals surface area contributed by atoms with Gasteiger partial charge in [0.2, 0.25) is 5.91 Å². The summed E-state index contributed by atoms with van der Waals surface area (Å²) < 4.78 is 5.78. The Labute approximate surface area is 123 Å². The van der Waals surface area contributed by atoms with Gasteiger partial charge in [0.1, 0.15) is 11.2 Å². The highest BCUT2D eigenvalue weighted by atomic mass is 16.3. The van der Waals surface area contributed by atoms with E-state index in [0.29, 0.717) is 6.54 Å². The van der Waals surface area contributed by atoms with Crippen LogP contribution in [0.4, 0.5) is 5.69 Å². The molecule has 3 aromatic rings. The van der Waals surface area contributed by atoms with Gasteiger partial charge in [0.15, 0.2) is 0 Å². The summed E-state index contributed by atoms with van der Waals surface area (Å²) in [4.78, 5) is 12.1. The normalized spacial score (nSPS) is 12.7. The van der Waals surface area contributed by atoms with Crippen LogP contribution in [-0.2, 0) is 4.79 Å². The maximum absolute atomic E-state index is 12.1. The number of anilines is 1. The fraction of sp³-hybridized carbons (Fsp3) is 0.235. The Morgan fingerprint density at radius 3 is 2.71 bits per heavy atom. The summed E-state index contributed by atoms with van der Waals surface area (Å²) in [5.41, 5.74) is 2.49. The molecule has 4 heteroatoms. The number of benzene rings is 2. The van der Waals surface area contributed by atoms with Gasteiger partial charge in [0.05, 0.1) is 0 Å². The molecule has 1 atom stereocenters. The van der Waals surface area contributed by atoms with Crippen molar-refractivity contribution in [2.24, 2.45) is 5.92 Å². The van der Waals surface area contributed by atoms with Crippen molar-refractivity contribution in [3.8, 4) is 0 Å². The number of amides is 1. The SMILES string of the molecule is CNCC(C)C(=O)Nc1ccc2oc3ccccc3c2c1. The number of hydrogen-bond acceptors (Lipinski definition) is 3. The lowest BCUT2D eigenvalue weighted by Gasteiger charge is -2.11. The number of rotatable bonds is 4. The molecular formula is C17H18N2O2. The highest BCUT2D eigenvalue weighted by Crippen LogP contribution is 2.30. The molecule has 108 valence electrons. The molecule has 0 aliphatic rings. The number of nitrogens with one attached hydrogen (secondary N) is 2. The van der Waals surface area contributed by atoms with Gasteiger partial charge in [-0.1, -0.05) is 25.1 Å². The third-order valence-electron chi connectivity index (χ3n) is 3.60. The first-order chi connectivity index (χ1) is 10.2. The van der Waals surface area contributed by atoms with Gasteiger partial charge in [-0.25, -0.2) is 0 Å². The van der Waals surface area contributed by atoms with Crippen LogP contribution in [0.25, 0.3) is 21.9 Å². The van der Waals surface area contributed by atoms with Gasteiger partial charge in [-0.3, -0.25) is 4.79 Å². The van der Waals surface area contributed by atoms with Crippen molar-refractivity contribution in [2.45, 2.75) is 6.92 Å². The summed E-state index contributed by atoms with van der Waals surface area (Å²) in [7, 11) is 1.84. The molecule has 3 rings (SSSR count). The molecule has 4 nitrogen and oxygen atoms in total. The Morgan fingerprint density at radius 1 is 1.14 bits per heavy atom. The van der Waals surface area contributed by atoms with Crippen molar-refractivity contribution >= 4 is 33.5 Å². The Bertz CT molecular complexity index is 792. The van der Waals surface area contributed by atoms with Crippen LogP contribution in [0.1, 0.15) is 6.92 Å². The highest BCUT2D eigenvalue weighted by molar-refractivity contribution is 6.07. The minimum atomic E-state index is -0.0770. The van der Waals surface area contributed by atoms with Crippen molar-refractivity contribution < 1.29 is 9.21 Å². The van der Waals surface area contributed by atoms with Crippen LogP contribution >= 0.6 is 0 Å². The summed E-state index contributed by atoms with van der Waals surface area (Å²) in [6, 6.07) is 13.6. The Morgan fingerprint density at radius 2 is 1.90 bits per heavy atom. The smallest absolute Gasteiger partial charge is 0.228 e. The van der Waals surface area contributed by atoms with Crippen molar-refractivity contribution in [2.75, 3.05) is 18.9 Å². The number of furan rings is 1. The quantitative estimate of drug-likeness (QED) is 0.771. The third kappa shape index (κ3) is 2.62.